The Labute approximate surface area is 167 Å². The molecule has 2 aromatic heterocycles. The van der Waals surface area contributed by atoms with Gasteiger partial charge in [-0.1, -0.05) is 19.9 Å². The third kappa shape index (κ3) is 4.45. The van der Waals surface area contributed by atoms with E-state index in [4.69, 9.17) is 14.5 Å². The average Bonchev–Trinajstić information content (AvgIpc) is 2.75. The number of anilines is 2. The van der Waals surface area contributed by atoms with Crippen LogP contribution in [0.15, 0.2) is 36.7 Å². The van der Waals surface area contributed by atoms with Crippen LogP contribution in [0.25, 0.3) is 0 Å². The highest BCUT2D eigenvalue weighted by Gasteiger charge is 2.25. The molecule has 0 saturated carbocycles. The fraction of sp³-hybridized carbons (Fsp3) is 0.545. The fourth-order valence-corrected chi connectivity index (χ4v) is 3.86. The standard InChI is InChI=1S/C22H30N4O2/c1-17(2)19-5-6-23-22(14-19)26-9-12-28-16-20(26)13-18-3-4-21(24-15-18)25-7-10-27-11-8-25/h3-6,14-15,17,20H,7-13,16H2,1-2H3. The van der Waals surface area contributed by atoms with Crippen LogP contribution < -0.4 is 9.80 Å². The first-order valence-corrected chi connectivity index (χ1v) is 10.3. The lowest BCUT2D eigenvalue weighted by molar-refractivity contribution is 0.0936. The Hall–Kier alpha value is -2.18. The number of pyridine rings is 2. The molecule has 4 heterocycles. The first-order chi connectivity index (χ1) is 13.7. The Balaban J connectivity index is 1.47. The minimum absolute atomic E-state index is 0.277. The number of nitrogens with zero attached hydrogens (tertiary/aromatic N) is 4. The van der Waals surface area contributed by atoms with Crippen LogP contribution in [0.1, 0.15) is 30.9 Å². The molecule has 0 amide bonds. The molecule has 0 aromatic carbocycles. The maximum absolute atomic E-state index is 5.79. The molecule has 0 aliphatic carbocycles. The van der Waals surface area contributed by atoms with Crippen molar-refractivity contribution in [1.82, 2.24) is 9.97 Å². The molecule has 0 radical (unpaired) electrons. The van der Waals surface area contributed by atoms with Gasteiger partial charge in [-0.3, -0.25) is 0 Å². The van der Waals surface area contributed by atoms with Crippen LogP contribution in [-0.4, -0.2) is 62.1 Å². The van der Waals surface area contributed by atoms with Crippen molar-refractivity contribution in [1.29, 1.82) is 0 Å². The van der Waals surface area contributed by atoms with E-state index in [-0.39, 0.29) is 6.04 Å². The van der Waals surface area contributed by atoms with Crippen LogP contribution >= 0.6 is 0 Å². The topological polar surface area (TPSA) is 50.7 Å². The van der Waals surface area contributed by atoms with Gasteiger partial charge >= 0.3 is 0 Å². The van der Waals surface area contributed by atoms with Gasteiger partial charge in [0.15, 0.2) is 0 Å². The second-order valence-electron chi connectivity index (χ2n) is 7.85. The van der Waals surface area contributed by atoms with E-state index in [9.17, 15) is 0 Å². The second-order valence-corrected chi connectivity index (χ2v) is 7.85. The molecule has 2 fully saturated rings. The first kappa shape index (κ1) is 19.2. The Kier molecular flexibility index (Phi) is 6.07. The smallest absolute Gasteiger partial charge is 0.129 e. The van der Waals surface area contributed by atoms with Crippen molar-refractivity contribution < 1.29 is 9.47 Å². The van der Waals surface area contributed by atoms with Gasteiger partial charge < -0.3 is 19.3 Å². The number of hydrogen-bond donors (Lipinski definition) is 0. The van der Waals surface area contributed by atoms with Crippen molar-refractivity contribution in [2.24, 2.45) is 0 Å². The molecule has 6 nitrogen and oxygen atoms in total. The van der Waals surface area contributed by atoms with Crippen LogP contribution in [0.3, 0.4) is 0 Å². The summed E-state index contributed by atoms with van der Waals surface area (Å²) in [7, 11) is 0. The number of ether oxygens (including phenoxy) is 2. The largest absolute Gasteiger partial charge is 0.378 e. The zero-order valence-corrected chi connectivity index (χ0v) is 16.9. The molecule has 6 heteroatoms. The highest BCUT2D eigenvalue weighted by Crippen LogP contribution is 2.24. The molecule has 2 aliphatic rings. The van der Waals surface area contributed by atoms with Gasteiger partial charge in [-0.15, -0.1) is 0 Å². The van der Waals surface area contributed by atoms with E-state index in [1.807, 2.05) is 12.4 Å². The van der Waals surface area contributed by atoms with E-state index in [1.165, 1.54) is 11.1 Å². The molecular weight excluding hydrogens is 352 g/mol. The summed E-state index contributed by atoms with van der Waals surface area (Å²) in [6.45, 7) is 10.2. The minimum atomic E-state index is 0.277. The molecule has 1 atom stereocenters. The van der Waals surface area contributed by atoms with Gasteiger partial charge in [-0.05, 0) is 41.7 Å². The maximum Gasteiger partial charge on any atom is 0.129 e. The fourth-order valence-electron chi connectivity index (χ4n) is 3.86. The summed E-state index contributed by atoms with van der Waals surface area (Å²) in [5.41, 5.74) is 2.56. The third-order valence-electron chi connectivity index (χ3n) is 5.57. The monoisotopic (exact) mass is 382 g/mol. The summed E-state index contributed by atoms with van der Waals surface area (Å²) in [6.07, 6.45) is 4.84. The Morgan fingerprint density at radius 3 is 2.57 bits per heavy atom. The summed E-state index contributed by atoms with van der Waals surface area (Å²) in [5.74, 6) is 2.59. The van der Waals surface area contributed by atoms with E-state index < -0.39 is 0 Å². The van der Waals surface area contributed by atoms with Crippen LogP contribution in [-0.2, 0) is 15.9 Å². The molecule has 2 aliphatic heterocycles. The normalized spacial score (nSPS) is 20.6. The molecule has 2 saturated heterocycles. The lowest BCUT2D eigenvalue weighted by atomic mass is 10.0. The molecule has 0 N–H and O–H groups in total. The van der Waals surface area contributed by atoms with E-state index in [1.54, 1.807) is 0 Å². The summed E-state index contributed by atoms with van der Waals surface area (Å²) >= 11 is 0. The quantitative estimate of drug-likeness (QED) is 0.793. The average molecular weight is 383 g/mol. The second kappa shape index (κ2) is 8.88. The van der Waals surface area contributed by atoms with E-state index in [2.05, 4.69) is 52.9 Å². The van der Waals surface area contributed by atoms with E-state index in [0.29, 0.717) is 5.92 Å². The van der Waals surface area contributed by atoms with Crippen LogP contribution in [0.2, 0.25) is 0 Å². The molecule has 150 valence electrons. The summed E-state index contributed by atoms with van der Waals surface area (Å²) in [5, 5.41) is 0. The lowest BCUT2D eigenvalue weighted by Crippen LogP contribution is -2.47. The van der Waals surface area contributed by atoms with Crippen LogP contribution in [0.4, 0.5) is 11.6 Å². The zero-order chi connectivity index (χ0) is 19.3. The molecule has 28 heavy (non-hydrogen) atoms. The van der Waals surface area contributed by atoms with Gasteiger partial charge in [0.2, 0.25) is 0 Å². The van der Waals surface area contributed by atoms with Crippen molar-refractivity contribution >= 4 is 11.6 Å². The van der Waals surface area contributed by atoms with Gasteiger partial charge in [-0.25, -0.2) is 9.97 Å². The van der Waals surface area contributed by atoms with Crippen molar-refractivity contribution in [3.63, 3.8) is 0 Å². The molecule has 0 spiro atoms. The van der Waals surface area contributed by atoms with Gasteiger partial charge in [0.25, 0.3) is 0 Å². The van der Waals surface area contributed by atoms with Gasteiger partial charge in [0.05, 0.1) is 32.5 Å². The van der Waals surface area contributed by atoms with Crippen molar-refractivity contribution in [2.45, 2.75) is 32.2 Å². The maximum atomic E-state index is 5.79. The molecular formula is C22H30N4O2. The molecule has 2 aromatic rings. The third-order valence-corrected chi connectivity index (χ3v) is 5.57. The predicted molar refractivity (Wildman–Crippen MR) is 111 cm³/mol. The minimum Gasteiger partial charge on any atom is -0.378 e. The number of rotatable bonds is 5. The van der Waals surface area contributed by atoms with Crippen molar-refractivity contribution in [3.8, 4) is 0 Å². The summed E-state index contributed by atoms with van der Waals surface area (Å²) < 4.78 is 11.2. The van der Waals surface area contributed by atoms with Gasteiger partial charge in [0.1, 0.15) is 11.6 Å². The SMILES string of the molecule is CC(C)c1ccnc(N2CCOCC2Cc2ccc(N3CCOCC3)nc2)c1. The van der Waals surface area contributed by atoms with Crippen molar-refractivity contribution in [2.75, 3.05) is 55.9 Å². The Bertz CT molecular complexity index is 759. The highest BCUT2D eigenvalue weighted by molar-refractivity contribution is 5.45. The Morgan fingerprint density at radius 2 is 1.82 bits per heavy atom. The van der Waals surface area contributed by atoms with E-state index in [0.717, 1.165) is 64.1 Å². The van der Waals surface area contributed by atoms with E-state index >= 15 is 0 Å². The predicted octanol–water partition coefficient (Wildman–Crippen LogP) is 2.88. The van der Waals surface area contributed by atoms with Crippen LogP contribution in [0, 0.1) is 0 Å². The van der Waals surface area contributed by atoms with Crippen LogP contribution in [0.5, 0.6) is 0 Å². The summed E-state index contributed by atoms with van der Waals surface area (Å²) in [4.78, 5) is 14.0. The highest BCUT2D eigenvalue weighted by atomic mass is 16.5. The number of aromatic nitrogens is 2. The first-order valence-electron chi connectivity index (χ1n) is 10.3. The van der Waals surface area contributed by atoms with Gasteiger partial charge in [-0.2, -0.15) is 0 Å². The lowest BCUT2D eigenvalue weighted by Gasteiger charge is -2.37. The number of morpholine rings is 2. The van der Waals surface area contributed by atoms with Crippen molar-refractivity contribution in [3.05, 3.63) is 47.8 Å². The molecule has 4 rings (SSSR count). The zero-order valence-electron chi connectivity index (χ0n) is 16.9. The summed E-state index contributed by atoms with van der Waals surface area (Å²) in [6, 6.07) is 8.94. The molecule has 0 bridgehead atoms. The Morgan fingerprint density at radius 1 is 1.00 bits per heavy atom. The molecule has 1 unspecified atom stereocenters. The number of hydrogen-bond acceptors (Lipinski definition) is 6. The van der Waals surface area contributed by atoms with Gasteiger partial charge in [0, 0.05) is 32.0 Å².